The van der Waals surface area contributed by atoms with E-state index in [1.54, 1.807) is 34.3 Å². The van der Waals surface area contributed by atoms with E-state index in [9.17, 15) is 13.7 Å². The first-order chi connectivity index (χ1) is 13.5. The second-order valence-corrected chi connectivity index (χ2v) is 8.34. The molecular weight excluding hydrogens is 394 g/mol. The maximum Gasteiger partial charge on any atom is 0.238 e. The van der Waals surface area contributed by atoms with Crippen LogP contribution in [0.5, 0.6) is 0 Å². The molecule has 0 unspecified atom stereocenters. The van der Waals surface area contributed by atoms with E-state index >= 15 is 0 Å². The van der Waals surface area contributed by atoms with Gasteiger partial charge in [0.1, 0.15) is 11.1 Å². The van der Waals surface area contributed by atoms with Crippen LogP contribution in [0.1, 0.15) is 5.56 Å². The SMILES string of the molecule is N#Cc1cnn(-c2ccc(S(N)(=O)=O)cc2)c1-c1ccc(-c2nccs2)cc1. The van der Waals surface area contributed by atoms with Gasteiger partial charge in [-0.15, -0.1) is 11.3 Å². The molecule has 0 radical (unpaired) electrons. The third kappa shape index (κ3) is 3.32. The molecule has 7 nitrogen and oxygen atoms in total. The molecule has 138 valence electrons. The molecule has 4 aromatic rings. The number of primary sulfonamides is 1. The van der Waals surface area contributed by atoms with Crippen molar-refractivity contribution in [1.82, 2.24) is 14.8 Å². The number of benzene rings is 2. The maximum absolute atomic E-state index is 11.5. The first-order valence-corrected chi connectivity index (χ1v) is 10.5. The summed E-state index contributed by atoms with van der Waals surface area (Å²) in [6.45, 7) is 0. The predicted molar refractivity (Wildman–Crippen MR) is 106 cm³/mol. The van der Waals surface area contributed by atoms with Gasteiger partial charge in [-0.05, 0) is 24.3 Å². The molecule has 0 bridgehead atoms. The fourth-order valence-corrected chi connectivity index (χ4v) is 3.98. The van der Waals surface area contributed by atoms with E-state index in [2.05, 4.69) is 16.2 Å². The number of nitrogens with zero attached hydrogens (tertiary/aromatic N) is 4. The Kier molecular flexibility index (Phi) is 4.52. The van der Waals surface area contributed by atoms with Gasteiger partial charge in [-0.3, -0.25) is 0 Å². The number of hydrogen-bond acceptors (Lipinski definition) is 6. The molecule has 0 aliphatic carbocycles. The predicted octanol–water partition coefficient (Wildman–Crippen LogP) is 3.18. The lowest BCUT2D eigenvalue weighted by atomic mass is 10.1. The molecule has 0 aliphatic heterocycles. The Balaban J connectivity index is 1.78. The van der Waals surface area contributed by atoms with Crippen molar-refractivity contribution >= 4 is 21.4 Å². The molecule has 0 spiro atoms. The first kappa shape index (κ1) is 18.1. The minimum absolute atomic E-state index is 0.0123. The van der Waals surface area contributed by atoms with Gasteiger partial charge < -0.3 is 0 Å². The summed E-state index contributed by atoms with van der Waals surface area (Å²) in [5.41, 5.74) is 3.45. The molecular formula is C19H13N5O2S2. The summed E-state index contributed by atoms with van der Waals surface area (Å²) in [5, 5.41) is 21.8. The minimum atomic E-state index is -3.78. The van der Waals surface area contributed by atoms with E-state index in [0.29, 0.717) is 16.9 Å². The normalized spacial score (nSPS) is 11.3. The van der Waals surface area contributed by atoms with Crippen LogP contribution in [0.15, 0.2) is 71.2 Å². The van der Waals surface area contributed by atoms with Crippen molar-refractivity contribution in [3.05, 3.63) is 71.9 Å². The average molecular weight is 407 g/mol. The first-order valence-electron chi connectivity index (χ1n) is 8.09. The van der Waals surface area contributed by atoms with E-state index in [1.165, 1.54) is 18.3 Å². The summed E-state index contributed by atoms with van der Waals surface area (Å²) in [6.07, 6.45) is 3.24. The second kappa shape index (κ2) is 7.01. The third-order valence-corrected chi connectivity index (χ3v) is 5.89. The van der Waals surface area contributed by atoms with Crippen LogP contribution < -0.4 is 5.14 Å². The van der Waals surface area contributed by atoms with Gasteiger partial charge in [-0.1, -0.05) is 24.3 Å². The number of thiazole rings is 1. The molecule has 2 aromatic heterocycles. The van der Waals surface area contributed by atoms with Crippen molar-refractivity contribution in [2.75, 3.05) is 0 Å². The van der Waals surface area contributed by atoms with Crippen molar-refractivity contribution in [1.29, 1.82) is 5.26 Å². The summed E-state index contributed by atoms with van der Waals surface area (Å²) in [7, 11) is -3.78. The zero-order chi connectivity index (χ0) is 19.7. The van der Waals surface area contributed by atoms with Gasteiger partial charge >= 0.3 is 0 Å². The molecule has 0 saturated heterocycles. The maximum atomic E-state index is 11.5. The number of aromatic nitrogens is 3. The van der Waals surface area contributed by atoms with E-state index < -0.39 is 10.0 Å². The summed E-state index contributed by atoms with van der Waals surface area (Å²) in [6, 6.07) is 15.9. The van der Waals surface area contributed by atoms with Gasteiger partial charge in [0.2, 0.25) is 10.0 Å². The lowest BCUT2D eigenvalue weighted by Gasteiger charge is -2.09. The molecule has 0 aliphatic rings. The van der Waals surface area contributed by atoms with Crippen LogP contribution in [0.25, 0.3) is 27.5 Å². The second-order valence-electron chi connectivity index (χ2n) is 5.88. The highest BCUT2D eigenvalue weighted by molar-refractivity contribution is 7.89. The van der Waals surface area contributed by atoms with Crippen molar-refractivity contribution in [2.45, 2.75) is 4.90 Å². The largest absolute Gasteiger partial charge is 0.245 e. The van der Waals surface area contributed by atoms with Crippen molar-refractivity contribution < 1.29 is 8.42 Å². The molecule has 9 heteroatoms. The monoisotopic (exact) mass is 407 g/mol. The van der Waals surface area contributed by atoms with Crippen LogP contribution >= 0.6 is 11.3 Å². The van der Waals surface area contributed by atoms with Crippen molar-refractivity contribution in [3.8, 4) is 33.6 Å². The molecule has 0 amide bonds. The standard InChI is InChI=1S/C19H13N5O2S2/c20-11-15-12-23-24(16-5-7-17(8-6-16)28(21,25)26)18(15)13-1-3-14(4-2-13)19-22-9-10-27-19/h1-10,12H,(H2,21,25,26). The highest BCUT2D eigenvalue weighted by Crippen LogP contribution is 2.29. The average Bonchev–Trinajstić information content (AvgIpc) is 3.37. The van der Waals surface area contributed by atoms with Gasteiger partial charge in [-0.2, -0.15) is 10.4 Å². The Morgan fingerprint density at radius 1 is 1.04 bits per heavy atom. The van der Waals surface area contributed by atoms with Gasteiger partial charge in [0.15, 0.2) is 0 Å². The molecule has 4 rings (SSSR count). The van der Waals surface area contributed by atoms with E-state index in [1.807, 2.05) is 29.6 Å². The van der Waals surface area contributed by atoms with E-state index in [-0.39, 0.29) is 4.90 Å². The Labute approximate surface area is 165 Å². The van der Waals surface area contributed by atoms with Gasteiger partial charge in [0, 0.05) is 22.7 Å². The minimum Gasteiger partial charge on any atom is -0.245 e. The summed E-state index contributed by atoms with van der Waals surface area (Å²) in [4.78, 5) is 4.31. The zero-order valence-electron chi connectivity index (χ0n) is 14.4. The number of sulfonamides is 1. The molecule has 2 aromatic carbocycles. The molecule has 2 heterocycles. The Bertz CT molecular complexity index is 1270. The highest BCUT2D eigenvalue weighted by Gasteiger charge is 2.16. The quantitative estimate of drug-likeness (QED) is 0.558. The summed E-state index contributed by atoms with van der Waals surface area (Å²) in [5.74, 6) is 0. The van der Waals surface area contributed by atoms with Crippen LogP contribution in [-0.4, -0.2) is 23.2 Å². The van der Waals surface area contributed by atoms with Crippen LogP contribution in [0, 0.1) is 11.3 Å². The van der Waals surface area contributed by atoms with Gasteiger partial charge in [-0.25, -0.2) is 23.2 Å². The molecule has 0 fully saturated rings. The summed E-state index contributed by atoms with van der Waals surface area (Å²) >= 11 is 1.55. The van der Waals surface area contributed by atoms with Crippen LogP contribution in [0.4, 0.5) is 0 Å². The smallest absolute Gasteiger partial charge is 0.238 e. The number of hydrogen-bond donors (Lipinski definition) is 1. The van der Waals surface area contributed by atoms with Gasteiger partial charge in [0.25, 0.3) is 0 Å². The van der Waals surface area contributed by atoms with Crippen molar-refractivity contribution in [2.24, 2.45) is 5.14 Å². The highest BCUT2D eigenvalue weighted by atomic mass is 32.2. The Morgan fingerprint density at radius 3 is 2.29 bits per heavy atom. The van der Waals surface area contributed by atoms with Crippen LogP contribution in [0.3, 0.4) is 0 Å². The van der Waals surface area contributed by atoms with E-state index in [0.717, 1.165) is 16.1 Å². The van der Waals surface area contributed by atoms with Crippen LogP contribution in [-0.2, 0) is 10.0 Å². The van der Waals surface area contributed by atoms with Gasteiger partial charge in [0.05, 0.1) is 28.0 Å². The zero-order valence-corrected chi connectivity index (χ0v) is 16.0. The lowest BCUT2D eigenvalue weighted by Crippen LogP contribution is -2.12. The van der Waals surface area contributed by atoms with Crippen LogP contribution in [0.2, 0.25) is 0 Å². The molecule has 0 saturated carbocycles. The molecule has 2 N–H and O–H groups in total. The van der Waals surface area contributed by atoms with E-state index in [4.69, 9.17) is 5.14 Å². The Morgan fingerprint density at radius 2 is 1.71 bits per heavy atom. The fourth-order valence-electron chi connectivity index (χ4n) is 2.82. The molecule has 0 atom stereocenters. The Hall–Kier alpha value is -3.32. The lowest BCUT2D eigenvalue weighted by molar-refractivity contribution is 0.598. The summed E-state index contributed by atoms with van der Waals surface area (Å²) < 4.78 is 24.5. The molecule has 28 heavy (non-hydrogen) atoms. The fraction of sp³-hybridized carbons (Fsp3) is 0. The number of nitrogens with two attached hydrogens (primary N) is 1. The third-order valence-electron chi connectivity index (χ3n) is 4.14. The number of nitriles is 1. The number of rotatable bonds is 4. The van der Waals surface area contributed by atoms with Crippen molar-refractivity contribution in [3.63, 3.8) is 0 Å². The topological polar surface area (TPSA) is 115 Å².